The number of benzene rings is 1. The topological polar surface area (TPSA) is 110 Å². The van der Waals surface area contributed by atoms with Crippen LogP contribution in [0.3, 0.4) is 0 Å². The third kappa shape index (κ3) is 5.95. The Balaban J connectivity index is 1.62. The van der Waals surface area contributed by atoms with E-state index in [1.54, 1.807) is 25.4 Å². The van der Waals surface area contributed by atoms with Crippen LogP contribution < -0.4 is 0 Å². The SMILES string of the molecule is COCn1cc(-c2cc3occc3cc2F)nc1CCCO[Si]CCC(O)(O)O. The number of methoxy groups -OCH3 is 1. The molecule has 0 spiro atoms. The normalized spacial score (nSPS) is 12.2. The number of halogens is 1. The van der Waals surface area contributed by atoms with Gasteiger partial charge in [0.2, 0.25) is 9.76 Å². The smallest absolute Gasteiger partial charge is 0.275 e. The van der Waals surface area contributed by atoms with Crippen molar-refractivity contribution >= 4 is 20.7 Å². The van der Waals surface area contributed by atoms with Gasteiger partial charge in [-0.1, -0.05) is 0 Å². The molecule has 3 N–H and O–H groups in total. The van der Waals surface area contributed by atoms with Crippen LogP contribution in [-0.2, 0) is 22.3 Å². The number of aryl methyl sites for hydroxylation is 1. The summed E-state index contributed by atoms with van der Waals surface area (Å²) in [6.45, 7) is 0.747. The summed E-state index contributed by atoms with van der Waals surface area (Å²) >= 11 is 0. The van der Waals surface area contributed by atoms with Crippen LogP contribution >= 0.6 is 0 Å². The first-order valence-corrected chi connectivity index (χ1v) is 10.2. The average Bonchev–Trinajstić information content (AvgIpc) is 3.26. The number of hydrogen-bond donors (Lipinski definition) is 3. The number of fused-ring (bicyclic) bond motifs is 1. The Bertz CT molecular complexity index is 937. The molecule has 0 unspecified atom stereocenters. The molecule has 0 aliphatic rings. The number of aromatic nitrogens is 2. The molecule has 0 aliphatic carbocycles. The van der Waals surface area contributed by atoms with E-state index in [4.69, 9.17) is 28.9 Å². The van der Waals surface area contributed by atoms with Crippen LogP contribution in [0.2, 0.25) is 6.04 Å². The maximum atomic E-state index is 14.5. The maximum Gasteiger partial charge on any atom is 0.275 e. The Morgan fingerprint density at radius 2 is 2.14 bits per heavy atom. The van der Waals surface area contributed by atoms with E-state index < -0.39 is 5.97 Å². The monoisotopic (exact) mass is 422 g/mol. The standard InChI is InChI=1S/C19H23FN2O6Si/c1-26-12-22-11-16(14-10-17-13(4-7-27-17)9-15(14)20)21-18(22)3-2-6-28-29-8-5-19(23,24)25/h4,7,9-11,23-25H,2-3,5-6,8,12H2,1H3. The van der Waals surface area contributed by atoms with Crippen molar-refractivity contribution in [2.75, 3.05) is 13.7 Å². The number of rotatable bonds is 11. The first-order valence-electron chi connectivity index (χ1n) is 9.11. The number of aliphatic hydroxyl groups is 3. The van der Waals surface area contributed by atoms with Crippen molar-refractivity contribution in [3.8, 4) is 11.3 Å². The van der Waals surface area contributed by atoms with Crippen LogP contribution in [0.25, 0.3) is 22.2 Å². The largest absolute Gasteiger partial charge is 0.464 e. The molecule has 0 saturated heterocycles. The van der Waals surface area contributed by atoms with Gasteiger partial charge in [0.15, 0.2) is 0 Å². The second-order valence-electron chi connectivity index (χ2n) is 6.59. The predicted molar refractivity (Wildman–Crippen MR) is 103 cm³/mol. The minimum absolute atomic E-state index is 0.0536. The zero-order valence-corrected chi connectivity index (χ0v) is 17.0. The van der Waals surface area contributed by atoms with Crippen LogP contribution in [0.4, 0.5) is 4.39 Å². The lowest BCUT2D eigenvalue weighted by atomic mass is 10.1. The number of imidazole rings is 1. The summed E-state index contributed by atoms with van der Waals surface area (Å²) in [6.07, 6.45) is 4.37. The van der Waals surface area contributed by atoms with E-state index in [0.29, 0.717) is 54.5 Å². The molecule has 2 aromatic heterocycles. The van der Waals surface area contributed by atoms with Crippen molar-refractivity contribution in [3.63, 3.8) is 0 Å². The van der Waals surface area contributed by atoms with Crippen molar-refractivity contribution in [2.45, 2.75) is 38.0 Å². The molecule has 1 aromatic carbocycles. The summed E-state index contributed by atoms with van der Waals surface area (Å²) in [5, 5.41) is 27.1. The minimum atomic E-state index is -2.65. The van der Waals surface area contributed by atoms with Crippen molar-refractivity contribution < 1.29 is 33.3 Å². The van der Waals surface area contributed by atoms with E-state index in [-0.39, 0.29) is 22.0 Å². The quantitative estimate of drug-likeness (QED) is 0.246. The van der Waals surface area contributed by atoms with Gasteiger partial charge in [-0.2, -0.15) is 0 Å². The van der Waals surface area contributed by atoms with Gasteiger partial charge in [-0.3, -0.25) is 0 Å². The molecule has 3 aromatic rings. The van der Waals surface area contributed by atoms with Gasteiger partial charge in [0, 0.05) is 43.7 Å². The van der Waals surface area contributed by atoms with Gasteiger partial charge in [0.05, 0.1) is 12.0 Å². The third-order valence-electron chi connectivity index (χ3n) is 4.26. The van der Waals surface area contributed by atoms with Gasteiger partial charge in [0.1, 0.15) is 24.0 Å². The lowest BCUT2D eigenvalue weighted by Gasteiger charge is -2.12. The molecule has 2 heterocycles. The zero-order valence-electron chi connectivity index (χ0n) is 16.0. The molecule has 2 radical (unpaired) electrons. The van der Waals surface area contributed by atoms with Crippen molar-refractivity contribution in [1.82, 2.24) is 9.55 Å². The molecular formula is C19H23FN2O6Si. The summed E-state index contributed by atoms with van der Waals surface area (Å²) in [5.74, 6) is -2.27. The molecule has 0 fully saturated rings. The highest BCUT2D eigenvalue weighted by atomic mass is 28.2. The van der Waals surface area contributed by atoms with E-state index in [2.05, 4.69) is 4.98 Å². The van der Waals surface area contributed by atoms with Gasteiger partial charge in [-0.05, 0) is 30.7 Å². The van der Waals surface area contributed by atoms with Crippen molar-refractivity contribution in [2.24, 2.45) is 0 Å². The fourth-order valence-corrected chi connectivity index (χ4v) is 3.75. The van der Waals surface area contributed by atoms with E-state index in [1.165, 1.54) is 12.3 Å². The summed E-state index contributed by atoms with van der Waals surface area (Å²) in [7, 11) is 1.63. The van der Waals surface area contributed by atoms with E-state index >= 15 is 0 Å². The highest BCUT2D eigenvalue weighted by Crippen LogP contribution is 2.28. The Labute approximate surface area is 169 Å². The second kappa shape index (κ2) is 9.61. The van der Waals surface area contributed by atoms with Gasteiger partial charge < -0.3 is 33.5 Å². The molecule has 29 heavy (non-hydrogen) atoms. The fourth-order valence-electron chi connectivity index (χ4n) is 2.88. The van der Waals surface area contributed by atoms with Crippen LogP contribution in [0.1, 0.15) is 18.7 Å². The Kier molecular flexibility index (Phi) is 7.17. The average molecular weight is 422 g/mol. The maximum absolute atomic E-state index is 14.5. The molecule has 0 bridgehead atoms. The van der Waals surface area contributed by atoms with E-state index in [1.807, 2.05) is 4.57 Å². The molecule has 0 amide bonds. The molecule has 156 valence electrons. The number of furan rings is 1. The van der Waals surface area contributed by atoms with Crippen LogP contribution in [-0.4, -0.2) is 54.3 Å². The van der Waals surface area contributed by atoms with Crippen molar-refractivity contribution in [3.05, 3.63) is 42.3 Å². The summed E-state index contributed by atoms with van der Waals surface area (Å²) in [5.41, 5.74) is 1.46. The Morgan fingerprint density at radius 1 is 1.31 bits per heavy atom. The zero-order chi connectivity index (χ0) is 20.9. The molecule has 8 nitrogen and oxygen atoms in total. The minimum Gasteiger partial charge on any atom is -0.464 e. The molecule has 0 atom stereocenters. The predicted octanol–water partition coefficient (Wildman–Crippen LogP) is 2.05. The number of nitrogens with zero attached hydrogens (tertiary/aromatic N) is 2. The molecule has 3 rings (SSSR count). The van der Waals surface area contributed by atoms with E-state index in [9.17, 15) is 4.39 Å². The second-order valence-corrected chi connectivity index (χ2v) is 7.67. The third-order valence-corrected chi connectivity index (χ3v) is 5.12. The molecule has 10 heteroatoms. The number of ether oxygens (including phenoxy) is 1. The van der Waals surface area contributed by atoms with E-state index in [0.717, 1.165) is 5.82 Å². The highest BCUT2D eigenvalue weighted by molar-refractivity contribution is 6.27. The molecule has 0 aliphatic heterocycles. The fraction of sp³-hybridized carbons (Fsp3) is 0.421. The lowest BCUT2D eigenvalue weighted by Crippen LogP contribution is -2.27. The van der Waals surface area contributed by atoms with Gasteiger partial charge in [0.25, 0.3) is 5.97 Å². The van der Waals surface area contributed by atoms with Gasteiger partial charge >= 0.3 is 0 Å². The summed E-state index contributed by atoms with van der Waals surface area (Å²) < 4.78 is 32.4. The van der Waals surface area contributed by atoms with Crippen molar-refractivity contribution in [1.29, 1.82) is 0 Å². The summed E-state index contributed by atoms with van der Waals surface area (Å²) in [6, 6.07) is 5.12. The van der Waals surface area contributed by atoms with Gasteiger partial charge in [-0.25, -0.2) is 9.37 Å². The molecule has 0 saturated carbocycles. The Morgan fingerprint density at radius 3 is 2.90 bits per heavy atom. The summed E-state index contributed by atoms with van der Waals surface area (Å²) in [4.78, 5) is 4.57. The highest BCUT2D eigenvalue weighted by Gasteiger charge is 2.17. The van der Waals surface area contributed by atoms with Crippen LogP contribution in [0, 0.1) is 5.82 Å². The first-order chi connectivity index (χ1) is 13.9. The Hall–Kier alpha value is -2.08. The van der Waals surface area contributed by atoms with Gasteiger partial charge in [-0.15, -0.1) is 0 Å². The number of hydrogen-bond acceptors (Lipinski definition) is 7. The van der Waals surface area contributed by atoms with Crippen LogP contribution in [0.15, 0.2) is 35.1 Å². The lowest BCUT2D eigenvalue weighted by molar-refractivity contribution is -0.312. The van der Waals surface area contributed by atoms with Crippen LogP contribution in [0.5, 0.6) is 0 Å². The molecular weight excluding hydrogens is 399 g/mol. The first kappa shape index (κ1) is 21.6.